The molecular weight excluding hydrogens is 320 g/mol. The number of carboxylic acids is 1. The highest BCUT2D eigenvalue weighted by Gasteiger charge is 2.15. The second kappa shape index (κ2) is 6.50. The van der Waals surface area contributed by atoms with Gasteiger partial charge in [-0.1, -0.05) is 28.9 Å². The molecule has 1 aromatic carbocycles. The molecule has 0 aliphatic heterocycles. The van der Waals surface area contributed by atoms with E-state index in [0.717, 1.165) is 5.56 Å². The average molecular weight is 331 g/mol. The highest BCUT2D eigenvalue weighted by molar-refractivity contribution is 6.30. The van der Waals surface area contributed by atoms with Crippen LogP contribution in [0.1, 0.15) is 15.9 Å². The van der Waals surface area contributed by atoms with E-state index in [0.29, 0.717) is 16.3 Å². The van der Waals surface area contributed by atoms with E-state index in [1.807, 2.05) is 12.1 Å². The van der Waals surface area contributed by atoms with Crippen molar-refractivity contribution in [1.29, 1.82) is 0 Å². The van der Waals surface area contributed by atoms with E-state index in [-0.39, 0.29) is 18.1 Å². The van der Waals surface area contributed by atoms with Crippen molar-refractivity contribution >= 4 is 17.6 Å². The molecule has 0 saturated heterocycles. The fourth-order valence-electron chi connectivity index (χ4n) is 2.02. The summed E-state index contributed by atoms with van der Waals surface area (Å²) in [6.45, 7) is 0.0821. The van der Waals surface area contributed by atoms with Crippen LogP contribution >= 0.6 is 11.6 Å². The monoisotopic (exact) mass is 330 g/mol. The van der Waals surface area contributed by atoms with Crippen LogP contribution in [0.15, 0.2) is 53.4 Å². The minimum Gasteiger partial charge on any atom is -0.477 e. The van der Waals surface area contributed by atoms with Gasteiger partial charge in [-0.05, 0) is 24.3 Å². The molecule has 0 aliphatic carbocycles. The molecule has 0 aliphatic rings. The second-order valence-corrected chi connectivity index (χ2v) is 5.08. The van der Waals surface area contributed by atoms with Gasteiger partial charge in [-0.15, -0.1) is 0 Å². The predicted molar refractivity (Wildman–Crippen MR) is 82.5 cm³/mol. The average Bonchev–Trinajstić information content (AvgIpc) is 3.02. The van der Waals surface area contributed by atoms with Crippen LogP contribution in [0.2, 0.25) is 5.02 Å². The topological polar surface area (TPSA) is 85.5 Å². The quantitative estimate of drug-likeness (QED) is 0.768. The molecule has 0 fully saturated rings. The number of pyridine rings is 1. The van der Waals surface area contributed by atoms with Gasteiger partial charge in [0.25, 0.3) is 0 Å². The minimum absolute atomic E-state index is 0.00278. The number of aromatic nitrogens is 2. The van der Waals surface area contributed by atoms with Crippen molar-refractivity contribution < 1.29 is 19.2 Å². The number of nitrogens with zero attached hydrogens (tertiary/aromatic N) is 2. The van der Waals surface area contributed by atoms with Crippen LogP contribution in [0, 0.1) is 0 Å². The molecule has 7 heteroatoms. The molecule has 0 radical (unpaired) electrons. The lowest BCUT2D eigenvalue weighted by Crippen LogP contribution is -2.05. The fraction of sp³-hybridized carbons (Fsp3) is 0.0625. The maximum Gasteiger partial charge on any atom is 0.341 e. The Morgan fingerprint density at radius 1 is 1.26 bits per heavy atom. The Hall–Kier alpha value is -2.86. The number of ether oxygens (including phenoxy) is 1. The first-order valence-corrected chi connectivity index (χ1v) is 7.03. The number of halogens is 1. The number of carboxylic acid groups (broad SMARTS) is 1. The third-order valence-electron chi connectivity index (χ3n) is 3.13. The molecular formula is C16H11ClN2O4. The molecule has 0 saturated carbocycles. The largest absolute Gasteiger partial charge is 0.477 e. The van der Waals surface area contributed by atoms with Crippen LogP contribution in [0.25, 0.3) is 11.3 Å². The fourth-order valence-corrected chi connectivity index (χ4v) is 2.15. The van der Waals surface area contributed by atoms with Crippen molar-refractivity contribution in [3.8, 4) is 17.1 Å². The van der Waals surface area contributed by atoms with E-state index in [2.05, 4.69) is 10.1 Å². The van der Waals surface area contributed by atoms with Gasteiger partial charge in [0.15, 0.2) is 0 Å². The third-order valence-corrected chi connectivity index (χ3v) is 3.38. The lowest BCUT2D eigenvalue weighted by molar-refractivity contribution is 0.0690. The lowest BCUT2D eigenvalue weighted by atomic mass is 10.1. The van der Waals surface area contributed by atoms with Gasteiger partial charge >= 0.3 is 5.97 Å². The zero-order valence-electron chi connectivity index (χ0n) is 11.8. The van der Waals surface area contributed by atoms with Crippen molar-refractivity contribution in [2.75, 3.05) is 0 Å². The first kappa shape index (κ1) is 15.1. The van der Waals surface area contributed by atoms with Crippen molar-refractivity contribution in [3.05, 3.63) is 65.0 Å². The Balaban J connectivity index is 1.82. The summed E-state index contributed by atoms with van der Waals surface area (Å²) in [5.74, 6) is -1.06. The smallest absolute Gasteiger partial charge is 0.341 e. The van der Waals surface area contributed by atoms with Gasteiger partial charge in [0.2, 0.25) is 5.88 Å². The molecule has 23 heavy (non-hydrogen) atoms. The van der Waals surface area contributed by atoms with Gasteiger partial charge in [-0.2, -0.15) is 0 Å². The summed E-state index contributed by atoms with van der Waals surface area (Å²) in [4.78, 5) is 15.1. The van der Waals surface area contributed by atoms with Crippen molar-refractivity contribution in [1.82, 2.24) is 10.1 Å². The molecule has 0 atom stereocenters. The van der Waals surface area contributed by atoms with Gasteiger partial charge in [-0.25, -0.2) is 9.78 Å². The van der Waals surface area contributed by atoms with Crippen LogP contribution in [0.3, 0.4) is 0 Å². The van der Waals surface area contributed by atoms with Gasteiger partial charge in [0.05, 0.1) is 5.56 Å². The summed E-state index contributed by atoms with van der Waals surface area (Å²) in [5.41, 5.74) is 2.10. The normalized spacial score (nSPS) is 10.5. The van der Waals surface area contributed by atoms with Crippen LogP contribution in [-0.2, 0) is 6.61 Å². The van der Waals surface area contributed by atoms with Crippen molar-refractivity contribution in [2.45, 2.75) is 6.61 Å². The Labute approximate surface area is 136 Å². The van der Waals surface area contributed by atoms with Crippen molar-refractivity contribution in [2.24, 2.45) is 0 Å². The maximum absolute atomic E-state index is 11.1. The van der Waals surface area contributed by atoms with E-state index in [9.17, 15) is 4.79 Å². The molecule has 116 valence electrons. The molecule has 6 nitrogen and oxygen atoms in total. The molecule has 0 bridgehead atoms. The molecule has 0 unspecified atom stereocenters. The number of benzene rings is 1. The SMILES string of the molecule is O=C(O)c1cccnc1OCc1conc1-c1ccc(Cl)cc1. The van der Waals surface area contributed by atoms with Crippen LogP contribution in [-0.4, -0.2) is 21.2 Å². The summed E-state index contributed by atoms with van der Waals surface area (Å²) in [5, 5.41) is 13.7. The molecule has 0 amide bonds. The first-order chi connectivity index (χ1) is 11.1. The van der Waals surface area contributed by atoms with Gasteiger partial charge < -0.3 is 14.4 Å². The summed E-state index contributed by atoms with van der Waals surface area (Å²) >= 11 is 5.87. The Morgan fingerprint density at radius 2 is 2.04 bits per heavy atom. The molecule has 3 aromatic rings. The number of rotatable bonds is 5. The summed E-state index contributed by atoms with van der Waals surface area (Å²) in [6.07, 6.45) is 2.92. The zero-order valence-corrected chi connectivity index (χ0v) is 12.5. The molecule has 2 heterocycles. The number of aromatic carboxylic acids is 1. The highest BCUT2D eigenvalue weighted by atomic mass is 35.5. The van der Waals surface area contributed by atoms with E-state index in [4.69, 9.17) is 26.0 Å². The van der Waals surface area contributed by atoms with Crippen molar-refractivity contribution in [3.63, 3.8) is 0 Å². The predicted octanol–water partition coefficient (Wildman–Crippen LogP) is 3.67. The van der Waals surface area contributed by atoms with E-state index < -0.39 is 5.97 Å². The lowest BCUT2D eigenvalue weighted by Gasteiger charge is -2.07. The standard InChI is InChI=1S/C16H11ClN2O4/c17-12-5-3-10(4-6-12)14-11(9-23-19-14)8-22-15-13(16(20)21)2-1-7-18-15/h1-7,9H,8H2,(H,20,21). The highest BCUT2D eigenvalue weighted by Crippen LogP contribution is 2.25. The van der Waals surface area contributed by atoms with Gasteiger partial charge in [0.1, 0.15) is 24.1 Å². The molecule has 2 aromatic heterocycles. The number of hydrogen-bond donors (Lipinski definition) is 1. The zero-order chi connectivity index (χ0) is 16.2. The van der Waals surface area contributed by atoms with Crippen LogP contribution < -0.4 is 4.74 Å². The van der Waals surface area contributed by atoms with E-state index in [1.165, 1.54) is 24.6 Å². The number of carbonyl (C=O) groups is 1. The third kappa shape index (κ3) is 3.32. The summed E-state index contributed by atoms with van der Waals surface area (Å²) in [6, 6.07) is 10.1. The van der Waals surface area contributed by atoms with Crippen LogP contribution in [0.4, 0.5) is 0 Å². The minimum atomic E-state index is -1.10. The number of hydrogen-bond acceptors (Lipinski definition) is 5. The summed E-state index contributed by atoms with van der Waals surface area (Å²) < 4.78 is 10.5. The Bertz CT molecular complexity index is 830. The van der Waals surface area contributed by atoms with Crippen LogP contribution in [0.5, 0.6) is 5.88 Å². The molecule has 1 N–H and O–H groups in total. The Morgan fingerprint density at radius 3 is 2.78 bits per heavy atom. The van der Waals surface area contributed by atoms with E-state index in [1.54, 1.807) is 12.1 Å². The Kier molecular flexibility index (Phi) is 4.25. The summed E-state index contributed by atoms with van der Waals surface area (Å²) in [7, 11) is 0. The maximum atomic E-state index is 11.1. The molecule has 0 spiro atoms. The van der Waals surface area contributed by atoms with Gasteiger partial charge in [0, 0.05) is 16.8 Å². The first-order valence-electron chi connectivity index (χ1n) is 6.65. The van der Waals surface area contributed by atoms with Gasteiger partial charge in [-0.3, -0.25) is 0 Å². The van der Waals surface area contributed by atoms with E-state index >= 15 is 0 Å². The molecule has 3 rings (SSSR count). The second-order valence-electron chi connectivity index (χ2n) is 4.65.